The minimum Gasteiger partial charge on any atom is -0.507 e. The molecular formula is C28H20ClN3O4. The molecule has 2 heterocycles. The number of carboxylic acid groups (broad SMARTS) is 1. The highest BCUT2D eigenvalue weighted by Gasteiger charge is 2.26. The predicted molar refractivity (Wildman–Crippen MR) is 139 cm³/mol. The van der Waals surface area contributed by atoms with Gasteiger partial charge in [-0.1, -0.05) is 48.0 Å². The van der Waals surface area contributed by atoms with Crippen LogP contribution in [-0.4, -0.2) is 32.1 Å². The lowest BCUT2D eigenvalue weighted by Crippen LogP contribution is -2.04. The summed E-state index contributed by atoms with van der Waals surface area (Å²) in [5.41, 5.74) is 5.74. The summed E-state index contributed by atoms with van der Waals surface area (Å²) in [7, 11) is 0. The maximum atomic E-state index is 12.8. The van der Waals surface area contributed by atoms with E-state index in [0.29, 0.717) is 49.9 Å². The number of benzene rings is 3. The molecule has 4 aromatic rings. The Labute approximate surface area is 211 Å². The number of phenols is 1. The zero-order chi connectivity index (χ0) is 25.4. The van der Waals surface area contributed by atoms with Crippen LogP contribution in [0, 0.1) is 6.92 Å². The molecule has 0 saturated heterocycles. The first kappa shape index (κ1) is 23.3. The number of para-hydroxylation sites is 1. The lowest BCUT2D eigenvalue weighted by atomic mass is 9.98. The highest BCUT2D eigenvalue weighted by Crippen LogP contribution is 2.40. The Balaban J connectivity index is 1.53. The van der Waals surface area contributed by atoms with Crippen molar-refractivity contribution < 1.29 is 19.8 Å². The maximum absolute atomic E-state index is 12.8. The molecule has 0 aliphatic carbocycles. The number of anilines is 1. The largest absolute Gasteiger partial charge is 0.507 e. The third-order valence-electron chi connectivity index (χ3n) is 6.02. The fourth-order valence-electron chi connectivity index (χ4n) is 4.15. The van der Waals surface area contributed by atoms with Gasteiger partial charge in [0.05, 0.1) is 17.1 Å². The van der Waals surface area contributed by atoms with Crippen molar-refractivity contribution >= 4 is 40.8 Å². The number of amides is 1. The number of fused-ring (bicyclic) bond motifs is 1. The van der Waals surface area contributed by atoms with E-state index in [-0.39, 0.29) is 18.1 Å². The second kappa shape index (κ2) is 9.28. The van der Waals surface area contributed by atoms with Gasteiger partial charge >= 0.3 is 5.97 Å². The number of aryl methyl sites for hydroxylation is 1. The quantitative estimate of drug-likeness (QED) is 0.309. The average Bonchev–Trinajstić information content (AvgIpc) is 3.14. The Morgan fingerprint density at radius 1 is 1.03 bits per heavy atom. The molecule has 0 radical (unpaired) electrons. The van der Waals surface area contributed by atoms with Crippen LogP contribution in [0.2, 0.25) is 5.02 Å². The second-order valence-corrected chi connectivity index (χ2v) is 8.87. The van der Waals surface area contributed by atoms with Crippen LogP contribution >= 0.6 is 11.6 Å². The minimum absolute atomic E-state index is 0.0977. The lowest BCUT2D eigenvalue weighted by Gasteiger charge is -2.09. The molecule has 0 saturated carbocycles. The molecule has 5 rings (SSSR count). The molecule has 36 heavy (non-hydrogen) atoms. The molecule has 178 valence electrons. The second-order valence-electron chi connectivity index (χ2n) is 8.46. The highest BCUT2D eigenvalue weighted by molar-refractivity contribution is 6.38. The van der Waals surface area contributed by atoms with Crippen molar-refractivity contribution in [2.75, 3.05) is 5.32 Å². The van der Waals surface area contributed by atoms with Crippen molar-refractivity contribution in [3.05, 3.63) is 94.3 Å². The Hall–Kier alpha value is -4.49. The van der Waals surface area contributed by atoms with Crippen molar-refractivity contribution in [1.29, 1.82) is 0 Å². The van der Waals surface area contributed by atoms with Gasteiger partial charge in [-0.3, -0.25) is 9.59 Å². The Morgan fingerprint density at radius 3 is 2.50 bits per heavy atom. The van der Waals surface area contributed by atoms with Gasteiger partial charge in [-0.2, -0.15) is 0 Å². The van der Waals surface area contributed by atoms with Crippen LogP contribution in [0.4, 0.5) is 5.69 Å². The zero-order valence-electron chi connectivity index (χ0n) is 19.1. The summed E-state index contributed by atoms with van der Waals surface area (Å²) in [4.78, 5) is 32.9. The molecule has 1 amide bonds. The van der Waals surface area contributed by atoms with E-state index in [1.807, 2.05) is 25.1 Å². The molecule has 0 fully saturated rings. The third kappa shape index (κ3) is 4.44. The molecule has 1 aliphatic heterocycles. The molecule has 0 bridgehead atoms. The number of phenolic OH excluding ortho intramolecular Hbond substituents is 1. The van der Waals surface area contributed by atoms with Crippen molar-refractivity contribution in [2.24, 2.45) is 0 Å². The van der Waals surface area contributed by atoms with E-state index in [0.717, 1.165) is 11.1 Å². The third-order valence-corrected chi connectivity index (χ3v) is 6.34. The molecule has 0 unspecified atom stereocenters. The van der Waals surface area contributed by atoms with E-state index < -0.39 is 5.97 Å². The number of aliphatic carboxylic acids is 1. The van der Waals surface area contributed by atoms with Crippen molar-refractivity contribution in [2.45, 2.75) is 13.3 Å². The smallest absolute Gasteiger partial charge is 0.307 e. The lowest BCUT2D eigenvalue weighted by molar-refractivity contribution is -0.136. The van der Waals surface area contributed by atoms with E-state index in [1.165, 1.54) is 0 Å². The number of rotatable bonds is 5. The number of carbonyl (C=O) groups is 2. The van der Waals surface area contributed by atoms with Gasteiger partial charge in [-0.15, -0.1) is 0 Å². The standard InChI is InChI=1S/C28H20ClN3O4/c1-15-6-7-16(8-17(15)10-26(34)35)9-21-20-11-22(23(29)12-24(20)32-28(21)36)27-30-13-18(14-31-27)19-4-2-3-5-25(19)33/h2-9,11-14,33H,10H2,1H3,(H,32,36)(H,34,35). The van der Waals surface area contributed by atoms with Crippen LogP contribution in [0.1, 0.15) is 22.3 Å². The summed E-state index contributed by atoms with van der Waals surface area (Å²) in [6, 6.07) is 15.8. The SMILES string of the molecule is Cc1ccc(C=C2C(=O)Nc3cc(Cl)c(-c4ncc(-c5ccccc5O)cn4)cc32)cc1CC(=O)O. The van der Waals surface area contributed by atoms with Crippen LogP contribution in [0.5, 0.6) is 5.75 Å². The van der Waals surface area contributed by atoms with Crippen molar-refractivity contribution in [3.8, 4) is 28.3 Å². The molecule has 3 N–H and O–H groups in total. The van der Waals surface area contributed by atoms with Gasteiger partial charge in [0.25, 0.3) is 5.91 Å². The minimum atomic E-state index is -0.917. The number of nitrogens with zero attached hydrogens (tertiary/aromatic N) is 2. The average molecular weight is 498 g/mol. The van der Waals surface area contributed by atoms with Crippen LogP contribution in [-0.2, 0) is 16.0 Å². The Bertz CT molecular complexity index is 1560. The Morgan fingerprint density at radius 2 is 1.78 bits per heavy atom. The topological polar surface area (TPSA) is 112 Å². The van der Waals surface area contributed by atoms with Crippen LogP contribution < -0.4 is 5.32 Å². The number of aromatic hydroxyl groups is 1. The number of aromatic nitrogens is 2. The van der Waals surface area contributed by atoms with E-state index in [9.17, 15) is 19.8 Å². The highest BCUT2D eigenvalue weighted by atomic mass is 35.5. The van der Waals surface area contributed by atoms with Crippen LogP contribution in [0.25, 0.3) is 34.2 Å². The van der Waals surface area contributed by atoms with Gasteiger partial charge in [0.15, 0.2) is 5.82 Å². The number of halogens is 1. The normalized spacial score (nSPS) is 13.5. The number of hydrogen-bond donors (Lipinski definition) is 3. The number of carbonyl (C=O) groups excluding carboxylic acids is 1. The Kier molecular flexibility index (Phi) is 6.00. The first-order valence-corrected chi connectivity index (χ1v) is 11.5. The summed E-state index contributed by atoms with van der Waals surface area (Å²) in [6.07, 6.45) is 4.85. The first-order valence-electron chi connectivity index (χ1n) is 11.1. The first-order chi connectivity index (χ1) is 17.3. The van der Waals surface area contributed by atoms with E-state index >= 15 is 0 Å². The maximum Gasteiger partial charge on any atom is 0.307 e. The summed E-state index contributed by atoms with van der Waals surface area (Å²) in [6.45, 7) is 1.85. The summed E-state index contributed by atoms with van der Waals surface area (Å²) >= 11 is 6.52. The monoisotopic (exact) mass is 497 g/mol. The summed E-state index contributed by atoms with van der Waals surface area (Å²) in [5.74, 6) is -0.694. The van der Waals surface area contributed by atoms with E-state index in [4.69, 9.17) is 11.6 Å². The molecule has 3 aromatic carbocycles. The van der Waals surface area contributed by atoms with Gasteiger partial charge in [0.1, 0.15) is 5.75 Å². The van der Waals surface area contributed by atoms with Gasteiger partial charge < -0.3 is 15.5 Å². The molecule has 0 atom stereocenters. The molecule has 1 aliphatic rings. The fraction of sp³-hybridized carbons (Fsp3) is 0.0714. The fourth-order valence-corrected chi connectivity index (χ4v) is 4.40. The number of carboxylic acids is 1. The van der Waals surface area contributed by atoms with E-state index in [1.54, 1.807) is 54.9 Å². The van der Waals surface area contributed by atoms with Crippen molar-refractivity contribution in [1.82, 2.24) is 9.97 Å². The zero-order valence-corrected chi connectivity index (χ0v) is 19.9. The predicted octanol–water partition coefficient (Wildman–Crippen LogP) is 5.60. The number of hydrogen-bond acceptors (Lipinski definition) is 5. The molecule has 8 heteroatoms. The van der Waals surface area contributed by atoms with Gasteiger partial charge in [0, 0.05) is 40.2 Å². The van der Waals surface area contributed by atoms with Crippen molar-refractivity contribution in [3.63, 3.8) is 0 Å². The van der Waals surface area contributed by atoms with Gasteiger partial charge in [-0.05, 0) is 47.9 Å². The van der Waals surface area contributed by atoms with Gasteiger partial charge in [-0.25, -0.2) is 9.97 Å². The molecular weight excluding hydrogens is 478 g/mol. The molecule has 7 nitrogen and oxygen atoms in total. The van der Waals surface area contributed by atoms with E-state index in [2.05, 4.69) is 15.3 Å². The number of nitrogens with one attached hydrogen (secondary N) is 1. The van der Waals surface area contributed by atoms with Gasteiger partial charge in [0.2, 0.25) is 0 Å². The van der Waals surface area contributed by atoms with Crippen LogP contribution in [0.15, 0.2) is 67.0 Å². The summed E-state index contributed by atoms with van der Waals surface area (Å²) in [5, 5.41) is 22.5. The molecule has 1 aromatic heterocycles. The molecule has 0 spiro atoms. The summed E-state index contributed by atoms with van der Waals surface area (Å²) < 4.78 is 0. The van der Waals surface area contributed by atoms with Crippen LogP contribution in [0.3, 0.4) is 0 Å².